The van der Waals surface area contributed by atoms with Crippen LogP contribution in [0.25, 0.3) is 0 Å². The number of carbonyl (C=O) groups excluding carboxylic acids is 3. The molecule has 4 atom stereocenters. The van der Waals surface area contributed by atoms with Crippen LogP contribution in [-0.2, 0) is 35.2 Å². The van der Waals surface area contributed by atoms with Crippen LogP contribution in [-0.4, -0.2) is 80.9 Å². The third-order valence-corrected chi connectivity index (χ3v) is 4.85. The number of carboxylic acid groups (broad SMARTS) is 3. The van der Waals surface area contributed by atoms with Crippen LogP contribution in [0, 0.1) is 0 Å². The molecule has 0 radical (unpaired) electrons. The molecule has 0 saturated heterocycles. The summed E-state index contributed by atoms with van der Waals surface area (Å²) in [7, 11) is 0. The van der Waals surface area contributed by atoms with Crippen molar-refractivity contribution >= 4 is 48.3 Å². The van der Waals surface area contributed by atoms with Crippen LogP contribution in [0.4, 0.5) is 0 Å². The smallest absolute Gasteiger partial charge is 0.326 e. The van der Waals surface area contributed by atoms with Crippen molar-refractivity contribution in [3.8, 4) is 0 Å². The normalized spacial score (nSPS) is 14.1. The van der Waals surface area contributed by atoms with Gasteiger partial charge in [0.15, 0.2) is 0 Å². The molecule has 1 rings (SSSR count). The number of hydrogen-bond donors (Lipinski definition) is 8. The van der Waals surface area contributed by atoms with Gasteiger partial charge in [-0.3, -0.25) is 24.0 Å². The average Bonchev–Trinajstić information content (AvgIpc) is 2.76. The summed E-state index contributed by atoms with van der Waals surface area (Å²) in [4.78, 5) is 71.0. The van der Waals surface area contributed by atoms with Gasteiger partial charge >= 0.3 is 17.9 Å². The second kappa shape index (κ2) is 13.8. The number of nitrogens with one attached hydrogen (secondary N) is 3. The minimum atomic E-state index is -1.77. The van der Waals surface area contributed by atoms with E-state index in [0.29, 0.717) is 5.56 Å². The standard InChI is InChI=1S/C20H26N4O9S/c21-11(9-34)17(29)22-13(7-15(25)26)19(31)23-12(6-10-4-2-1-3-5-10)18(30)24-14(20(32)33)8-16(27)28/h1-5,11-14,34H,6-9,21H2,(H,22,29)(H,23,31)(H,24,30)(H,25,26)(H,27,28)(H,32,33). The first-order valence-corrected chi connectivity index (χ1v) is 10.6. The van der Waals surface area contributed by atoms with Crippen LogP contribution < -0.4 is 21.7 Å². The van der Waals surface area contributed by atoms with E-state index in [1.165, 1.54) is 0 Å². The third kappa shape index (κ3) is 9.87. The van der Waals surface area contributed by atoms with Crippen LogP contribution in [0.5, 0.6) is 0 Å². The molecule has 8 N–H and O–H groups in total. The maximum Gasteiger partial charge on any atom is 0.326 e. The molecule has 0 heterocycles. The van der Waals surface area contributed by atoms with E-state index < -0.39 is 72.6 Å². The lowest BCUT2D eigenvalue weighted by Gasteiger charge is -2.24. The molecule has 1 aromatic rings. The topological polar surface area (TPSA) is 225 Å². The number of aliphatic carboxylic acids is 3. The fourth-order valence-corrected chi connectivity index (χ4v) is 2.89. The summed E-state index contributed by atoms with van der Waals surface area (Å²) < 4.78 is 0. The first kappa shape index (κ1) is 28.4. The molecule has 0 saturated carbocycles. The Labute approximate surface area is 199 Å². The number of hydrogen-bond acceptors (Lipinski definition) is 8. The summed E-state index contributed by atoms with van der Waals surface area (Å²) in [6.07, 6.45) is -1.87. The Morgan fingerprint density at radius 1 is 0.765 bits per heavy atom. The lowest BCUT2D eigenvalue weighted by Crippen LogP contribution is -2.58. The summed E-state index contributed by atoms with van der Waals surface area (Å²) in [6.45, 7) is 0. The van der Waals surface area contributed by atoms with Crippen molar-refractivity contribution in [3.63, 3.8) is 0 Å². The highest BCUT2D eigenvalue weighted by Crippen LogP contribution is 2.06. The van der Waals surface area contributed by atoms with Gasteiger partial charge in [-0.05, 0) is 5.56 Å². The molecule has 14 heteroatoms. The fourth-order valence-electron chi connectivity index (χ4n) is 2.72. The highest BCUT2D eigenvalue weighted by Gasteiger charge is 2.32. The predicted octanol–water partition coefficient (Wildman–Crippen LogP) is -2.03. The number of thiol groups is 1. The Bertz CT molecular complexity index is 913. The van der Waals surface area contributed by atoms with Crippen molar-refractivity contribution in [1.29, 1.82) is 0 Å². The summed E-state index contributed by atoms with van der Waals surface area (Å²) in [6, 6.07) is 2.35. The molecule has 0 spiro atoms. The number of carbonyl (C=O) groups is 6. The van der Waals surface area contributed by atoms with Gasteiger partial charge in [0.2, 0.25) is 17.7 Å². The van der Waals surface area contributed by atoms with Crippen molar-refractivity contribution in [2.75, 3.05) is 5.75 Å². The van der Waals surface area contributed by atoms with E-state index in [4.69, 9.17) is 15.9 Å². The van der Waals surface area contributed by atoms with E-state index in [1.54, 1.807) is 30.3 Å². The molecular weight excluding hydrogens is 472 g/mol. The van der Waals surface area contributed by atoms with Crippen molar-refractivity contribution in [1.82, 2.24) is 16.0 Å². The Morgan fingerprint density at radius 2 is 1.24 bits per heavy atom. The van der Waals surface area contributed by atoms with Gasteiger partial charge < -0.3 is 37.0 Å². The van der Waals surface area contributed by atoms with Gasteiger partial charge in [0.25, 0.3) is 0 Å². The van der Waals surface area contributed by atoms with Gasteiger partial charge in [-0.15, -0.1) is 0 Å². The first-order chi connectivity index (χ1) is 15.9. The molecule has 0 aromatic heterocycles. The average molecular weight is 499 g/mol. The highest BCUT2D eigenvalue weighted by molar-refractivity contribution is 7.80. The number of rotatable bonds is 14. The Kier molecular flexibility index (Phi) is 11.5. The van der Waals surface area contributed by atoms with E-state index in [-0.39, 0.29) is 12.2 Å². The molecule has 0 fully saturated rings. The van der Waals surface area contributed by atoms with Gasteiger partial charge in [-0.1, -0.05) is 30.3 Å². The van der Waals surface area contributed by atoms with E-state index in [0.717, 1.165) is 0 Å². The van der Waals surface area contributed by atoms with E-state index in [1.807, 2.05) is 0 Å². The number of carboxylic acids is 3. The van der Waals surface area contributed by atoms with E-state index in [2.05, 4.69) is 28.6 Å². The molecule has 3 amide bonds. The highest BCUT2D eigenvalue weighted by atomic mass is 32.1. The maximum atomic E-state index is 12.8. The summed E-state index contributed by atoms with van der Waals surface area (Å²) in [5.41, 5.74) is 6.09. The Balaban J connectivity index is 3.13. The quantitative estimate of drug-likeness (QED) is 0.131. The van der Waals surface area contributed by atoms with Crippen molar-refractivity contribution in [2.45, 2.75) is 43.4 Å². The van der Waals surface area contributed by atoms with Crippen molar-refractivity contribution in [3.05, 3.63) is 35.9 Å². The predicted molar refractivity (Wildman–Crippen MR) is 120 cm³/mol. The Hall–Kier alpha value is -3.65. The van der Waals surface area contributed by atoms with Crippen molar-refractivity contribution < 1.29 is 44.1 Å². The van der Waals surface area contributed by atoms with Crippen LogP contribution >= 0.6 is 12.6 Å². The van der Waals surface area contributed by atoms with Crippen LogP contribution in [0.1, 0.15) is 18.4 Å². The van der Waals surface area contributed by atoms with Crippen LogP contribution in [0.3, 0.4) is 0 Å². The van der Waals surface area contributed by atoms with E-state index in [9.17, 15) is 33.9 Å². The van der Waals surface area contributed by atoms with Crippen LogP contribution in [0.15, 0.2) is 30.3 Å². The summed E-state index contributed by atoms with van der Waals surface area (Å²) in [5, 5.41) is 33.7. The molecule has 186 valence electrons. The van der Waals surface area contributed by atoms with E-state index >= 15 is 0 Å². The molecule has 1 aromatic carbocycles. The molecule has 0 aliphatic rings. The third-order valence-electron chi connectivity index (χ3n) is 4.45. The zero-order valence-corrected chi connectivity index (χ0v) is 18.7. The lowest BCUT2D eigenvalue weighted by molar-refractivity contribution is -0.147. The summed E-state index contributed by atoms with van der Waals surface area (Å²) in [5.74, 6) is -7.46. The molecular formula is C20H26N4O9S. The largest absolute Gasteiger partial charge is 0.481 e. The minimum absolute atomic E-state index is 0.0769. The SMILES string of the molecule is NC(CS)C(=O)NC(CC(=O)O)C(=O)NC(Cc1ccccc1)C(=O)NC(CC(=O)O)C(=O)O. The maximum absolute atomic E-state index is 12.8. The first-order valence-electron chi connectivity index (χ1n) is 9.92. The molecule has 13 nitrogen and oxygen atoms in total. The molecule has 0 aliphatic heterocycles. The zero-order valence-electron chi connectivity index (χ0n) is 17.8. The number of benzene rings is 1. The van der Waals surface area contributed by atoms with Gasteiger partial charge in [0.05, 0.1) is 18.9 Å². The van der Waals surface area contributed by atoms with Gasteiger partial charge in [-0.2, -0.15) is 12.6 Å². The Morgan fingerprint density at radius 3 is 1.74 bits per heavy atom. The van der Waals surface area contributed by atoms with Gasteiger partial charge in [0.1, 0.15) is 18.1 Å². The zero-order chi connectivity index (χ0) is 25.8. The molecule has 0 aliphatic carbocycles. The van der Waals surface area contributed by atoms with Crippen LogP contribution in [0.2, 0.25) is 0 Å². The van der Waals surface area contributed by atoms with Crippen molar-refractivity contribution in [2.24, 2.45) is 5.73 Å². The minimum Gasteiger partial charge on any atom is -0.481 e. The summed E-state index contributed by atoms with van der Waals surface area (Å²) >= 11 is 3.86. The fraction of sp³-hybridized carbons (Fsp3) is 0.400. The monoisotopic (exact) mass is 498 g/mol. The number of nitrogens with two attached hydrogens (primary N) is 1. The second-order valence-corrected chi connectivity index (χ2v) is 7.56. The molecule has 34 heavy (non-hydrogen) atoms. The number of amides is 3. The second-order valence-electron chi connectivity index (χ2n) is 7.20. The van der Waals surface area contributed by atoms with Gasteiger partial charge in [-0.25, -0.2) is 4.79 Å². The lowest BCUT2D eigenvalue weighted by atomic mass is 10.0. The van der Waals surface area contributed by atoms with Gasteiger partial charge in [0, 0.05) is 12.2 Å². The molecule has 4 unspecified atom stereocenters. The molecule has 0 bridgehead atoms.